The highest BCUT2D eigenvalue weighted by Crippen LogP contribution is 2.32. The maximum atomic E-state index is 13.0. The molecule has 1 aliphatic heterocycles. The van der Waals surface area contributed by atoms with Gasteiger partial charge in [0.05, 0.1) is 16.0 Å². The maximum Gasteiger partial charge on any atom is 0.416 e. The van der Waals surface area contributed by atoms with Crippen LogP contribution in [0, 0.1) is 0 Å². The fraction of sp³-hybridized carbons (Fsp3) is 0.217. The normalized spacial score (nSPS) is 14.9. The van der Waals surface area contributed by atoms with E-state index in [0.717, 1.165) is 12.1 Å². The van der Waals surface area contributed by atoms with Crippen molar-refractivity contribution in [2.24, 2.45) is 0 Å². The van der Waals surface area contributed by atoms with Crippen LogP contribution in [0.3, 0.4) is 0 Å². The van der Waals surface area contributed by atoms with Gasteiger partial charge >= 0.3 is 6.18 Å². The Balaban J connectivity index is 1.42. The van der Waals surface area contributed by atoms with E-state index in [0.29, 0.717) is 31.9 Å². The van der Waals surface area contributed by atoms with Crippen LogP contribution in [-0.2, 0) is 16.0 Å². The lowest BCUT2D eigenvalue weighted by molar-refractivity contribution is -0.137. The Morgan fingerprint density at radius 1 is 0.879 bits per heavy atom. The summed E-state index contributed by atoms with van der Waals surface area (Å²) in [5.41, 5.74) is -0.0151. The van der Waals surface area contributed by atoms with Crippen LogP contribution in [-0.4, -0.2) is 50.4 Å². The van der Waals surface area contributed by atoms with E-state index in [-0.39, 0.29) is 21.4 Å². The molecule has 0 radical (unpaired) electrons. The van der Waals surface area contributed by atoms with E-state index in [2.05, 4.69) is 4.98 Å². The van der Waals surface area contributed by atoms with E-state index < -0.39 is 21.6 Å². The molecule has 0 atom stereocenters. The number of alkyl halides is 3. The number of rotatable bonds is 4. The van der Waals surface area contributed by atoms with E-state index in [1.807, 2.05) is 0 Å². The van der Waals surface area contributed by atoms with Gasteiger partial charge in [-0.15, -0.1) is 0 Å². The molecular formula is C23H20F3N3O3S. The third kappa shape index (κ3) is 4.85. The van der Waals surface area contributed by atoms with Crippen LogP contribution in [0.5, 0.6) is 0 Å². The standard InChI is InChI=1S/C23H20F3N3O3S/c24-23(25,26)18-5-4-6-19(15-18)28-11-13-29(14-12-28)22(30)17-9-10-21(27-16-17)33(31,32)20-7-2-1-3-8-20/h1-10,15-16H,11-14H2. The fourth-order valence-electron chi connectivity index (χ4n) is 3.62. The van der Waals surface area contributed by atoms with Crippen LogP contribution in [0.4, 0.5) is 18.9 Å². The van der Waals surface area contributed by atoms with Crippen LogP contribution in [0.1, 0.15) is 15.9 Å². The zero-order valence-corrected chi connectivity index (χ0v) is 18.2. The molecule has 1 amide bonds. The van der Waals surface area contributed by atoms with Gasteiger partial charge in [-0.1, -0.05) is 24.3 Å². The first-order valence-corrected chi connectivity index (χ1v) is 11.6. The minimum absolute atomic E-state index is 0.113. The molecule has 172 valence electrons. The van der Waals surface area contributed by atoms with Gasteiger partial charge in [-0.25, -0.2) is 13.4 Å². The molecule has 0 unspecified atom stereocenters. The van der Waals surface area contributed by atoms with Crippen molar-refractivity contribution >= 4 is 21.4 Å². The summed E-state index contributed by atoms with van der Waals surface area (Å²) >= 11 is 0. The number of sulfone groups is 1. The molecule has 1 saturated heterocycles. The molecule has 0 spiro atoms. The number of halogens is 3. The van der Waals surface area contributed by atoms with Crippen molar-refractivity contribution in [2.45, 2.75) is 16.1 Å². The molecular weight excluding hydrogens is 455 g/mol. The summed E-state index contributed by atoms with van der Waals surface area (Å²) in [6.07, 6.45) is -3.18. The second-order valence-corrected chi connectivity index (χ2v) is 9.43. The minimum atomic E-state index is -4.42. The first-order chi connectivity index (χ1) is 15.7. The van der Waals surface area contributed by atoms with Gasteiger partial charge in [0, 0.05) is 38.1 Å². The van der Waals surface area contributed by atoms with Crippen LogP contribution >= 0.6 is 0 Å². The number of amides is 1. The number of carbonyl (C=O) groups is 1. The van der Waals surface area contributed by atoms with E-state index in [1.165, 1.54) is 36.5 Å². The van der Waals surface area contributed by atoms with Crippen LogP contribution in [0.25, 0.3) is 0 Å². The summed E-state index contributed by atoms with van der Waals surface area (Å²) < 4.78 is 64.2. The molecule has 6 nitrogen and oxygen atoms in total. The van der Waals surface area contributed by atoms with E-state index in [9.17, 15) is 26.4 Å². The first kappa shape index (κ1) is 22.8. The largest absolute Gasteiger partial charge is 0.416 e. The molecule has 0 aliphatic carbocycles. The average molecular weight is 475 g/mol. The first-order valence-electron chi connectivity index (χ1n) is 10.1. The van der Waals surface area contributed by atoms with Gasteiger partial charge in [0.2, 0.25) is 9.84 Å². The van der Waals surface area contributed by atoms with Crippen molar-refractivity contribution in [1.82, 2.24) is 9.88 Å². The molecule has 2 heterocycles. The number of carbonyl (C=O) groups excluding carboxylic acids is 1. The lowest BCUT2D eigenvalue weighted by Crippen LogP contribution is -2.48. The van der Waals surface area contributed by atoms with Crippen molar-refractivity contribution in [3.8, 4) is 0 Å². The highest BCUT2D eigenvalue weighted by atomic mass is 32.2. The number of hydrogen-bond donors (Lipinski definition) is 0. The third-order valence-corrected chi connectivity index (χ3v) is 7.10. The highest BCUT2D eigenvalue weighted by Gasteiger charge is 2.31. The maximum absolute atomic E-state index is 13.0. The smallest absolute Gasteiger partial charge is 0.368 e. The lowest BCUT2D eigenvalue weighted by atomic mass is 10.1. The van der Waals surface area contributed by atoms with Gasteiger partial charge in [0.25, 0.3) is 5.91 Å². The molecule has 2 aromatic carbocycles. The fourth-order valence-corrected chi connectivity index (χ4v) is 4.81. The van der Waals surface area contributed by atoms with Gasteiger partial charge < -0.3 is 9.80 Å². The van der Waals surface area contributed by atoms with Crippen molar-refractivity contribution in [3.05, 3.63) is 84.1 Å². The van der Waals surface area contributed by atoms with E-state index in [1.54, 1.807) is 34.1 Å². The summed E-state index contributed by atoms with van der Waals surface area (Å²) in [5, 5.41) is -0.153. The minimum Gasteiger partial charge on any atom is -0.368 e. The molecule has 1 aliphatic rings. The quantitative estimate of drug-likeness (QED) is 0.573. The topological polar surface area (TPSA) is 70.6 Å². The number of anilines is 1. The molecule has 0 saturated carbocycles. The van der Waals surface area contributed by atoms with Crippen molar-refractivity contribution < 1.29 is 26.4 Å². The predicted molar refractivity (Wildman–Crippen MR) is 116 cm³/mol. The van der Waals surface area contributed by atoms with Crippen LogP contribution in [0.15, 0.2) is 82.8 Å². The second-order valence-electron chi connectivity index (χ2n) is 7.53. The summed E-state index contributed by atoms with van der Waals surface area (Å²) in [7, 11) is -3.78. The Morgan fingerprint density at radius 2 is 1.58 bits per heavy atom. The number of benzene rings is 2. The summed E-state index contributed by atoms with van der Waals surface area (Å²) in [6.45, 7) is 1.39. The molecule has 4 rings (SSSR count). The van der Waals surface area contributed by atoms with Crippen molar-refractivity contribution in [3.63, 3.8) is 0 Å². The van der Waals surface area contributed by atoms with Crippen LogP contribution < -0.4 is 4.90 Å². The Kier molecular flexibility index (Phi) is 6.11. The molecule has 0 N–H and O–H groups in total. The number of pyridine rings is 1. The van der Waals surface area contributed by atoms with Gasteiger partial charge in [0.15, 0.2) is 5.03 Å². The third-order valence-electron chi connectivity index (χ3n) is 5.42. The number of hydrogen-bond acceptors (Lipinski definition) is 5. The SMILES string of the molecule is O=C(c1ccc(S(=O)(=O)c2ccccc2)nc1)N1CCN(c2cccc(C(F)(F)F)c2)CC1. The van der Waals surface area contributed by atoms with Crippen molar-refractivity contribution in [2.75, 3.05) is 31.1 Å². The zero-order valence-electron chi connectivity index (χ0n) is 17.4. The van der Waals surface area contributed by atoms with Gasteiger partial charge in [-0.3, -0.25) is 4.79 Å². The summed E-state index contributed by atoms with van der Waals surface area (Å²) in [5.74, 6) is -0.310. The van der Waals surface area contributed by atoms with E-state index in [4.69, 9.17) is 0 Å². The van der Waals surface area contributed by atoms with Gasteiger partial charge in [-0.2, -0.15) is 13.2 Å². The van der Waals surface area contributed by atoms with Crippen LogP contribution in [0.2, 0.25) is 0 Å². The molecule has 0 bridgehead atoms. The Bertz CT molecular complexity index is 1240. The average Bonchev–Trinajstić information content (AvgIpc) is 2.84. The molecule has 1 fully saturated rings. The second kappa shape index (κ2) is 8.86. The Hall–Kier alpha value is -3.40. The van der Waals surface area contributed by atoms with Gasteiger partial charge in [0.1, 0.15) is 0 Å². The van der Waals surface area contributed by atoms with Crippen molar-refractivity contribution in [1.29, 1.82) is 0 Å². The van der Waals surface area contributed by atoms with Gasteiger partial charge in [-0.05, 0) is 42.5 Å². The van der Waals surface area contributed by atoms with E-state index >= 15 is 0 Å². The Morgan fingerprint density at radius 3 is 2.18 bits per heavy atom. The lowest BCUT2D eigenvalue weighted by Gasteiger charge is -2.36. The number of aromatic nitrogens is 1. The molecule has 1 aromatic heterocycles. The number of nitrogens with zero attached hydrogens (tertiary/aromatic N) is 3. The zero-order chi connectivity index (χ0) is 23.6. The monoisotopic (exact) mass is 475 g/mol. The Labute approximate surface area is 189 Å². The highest BCUT2D eigenvalue weighted by molar-refractivity contribution is 7.91. The summed E-state index contributed by atoms with van der Waals surface area (Å²) in [6, 6.07) is 15.7. The molecule has 10 heteroatoms. The summed E-state index contributed by atoms with van der Waals surface area (Å²) in [4.78, 5) is 20.3. The molecule has 3 aromatic rings. The molecule has 33 heavy (non-hydrogen) atoms. The predicted octanol–water partition coefficient (Wildman–Crippen LogP) is 3.90. The number of piperazine rings is 1.